The van der Waals surface area contributed by atoms with E-state index in [1.807, 2.05) is 6.92 Å². The first-order valence-electron chi connectivity index (χ1n) is 4.38. The lowest BCUT2D eigenvalue weighted by atomic mass is 10.1. The SMILES string of the molecule is CCC(C)(C)OC(=O)CCS(N)(=O)=O. The second kappa shape index (κ2) is 4.75. The molecule has 2 N–H and O–H groups in total. The lowest BCUT2D eigenvalue weighted by Crippen LogP contribution is -2.28. The van der Waals surface area contributed by atoms with Crippen molar-refractivity contribution < 1.29 is 17.9 Å². The van der Waals surface area contributed by atoms with Gasteiger partial charge in [-0.15, -0.1) is 0 Å². The summed E-state index contributed by atoms with van der Waals surface area (Å²) in [4.78, 5) is 11.1. The number of esters is 1. The highest BCUT2D eigenvalue weighted by Crippen LogP contribution is 2.14. The number of primary sulfonamides is 1. The lowest BCUT2D eigenvalue weighted by Gasteiger charge is -2.23. The van der Waals surface area contributed by atoms with Crippen molar-refractivity contribution in [2.45, 2.75) is 39.2 Å². The summed E-state index contributed by atoms with van der Waals surface area (Å²) in [7, 11) is -3.58. The molecule has 0 saturated carbocycles. The fraction of sp³-hybridized carbons (Fsp3) is 0.875. The van der Waals surface area contributed by atoms with Crippen LogP contribution in [0, 0.1) is 0 Å². The van der Waals surface area contributed by atoms with E-state index in [1.165, 1.54) is 0 Å². The van der Waals surface area contributed by atoms with Crippen LogP contribution in [0.4, 0.5) is 0 Å². The van der Waals surface area contributed by atoms with Crippen molar-refractivity contribution in [3.8, 4) is 0 Å². The maximum absolute atomic E-state index is 11.1. The highest BCUT2D eigenvalue weighted by Gasteiger charge is 2.20. The van der Waals surface area contributed by atoms with Gasteiger partial charge in [0.1, 0.15) is 5.60 Å². The lowest BCUT2D eigenvalue weighted by molar-refractivity contribution is -0.156. The topological polar surface area (TPSA) is 86.5 Å². The molecule has 0 fully saturated rings. The quantitative estimate of drug-likeness (QED) is 0.683. The zero-order valence-corrected chi connectivity index (χ0v) is 9.56. The van der Waals surface area contributed by atoms with E-state index in [-0.39, 0.29) is 12.2 Å². The van der Waals surface area contributed by atoms with Gasteiger partial charge in [-0.2, -0.15) is 0 Å². The molecule has 0 bridgehead atoms. The van der Waals surface area contributed by atoms with E-state index in [2.05, 4.69) is 0 Å². The van der Waals surface area contributed by atoms with Crippen LogP contribution in [-0.4, -0.2) is 25.7 Å². The van der Waals surface area contributed by atoms with Gasteiger partial charge in [-0.1, -0.05) is 6.92 Å². The number of hydrogen-bond acceptors (Lipinski definition) is 4. The summed E-state index contributed by atoms with van der Waals surface area (Å²) in [5.41, 5.74) is -0.546. The Morgan fingerprint density at radius 2 is 1.93 bits per heavy atom. The fourth-order valence-corrected chi connectivity index (χ4v) is 1.11. The molecule has 0 aliphatic carbocycles. The summed E-state index contributed by atoms with van der Waals surface area (Å²) in [6, 6.07) is 0. The van der Waals surface area contributed by atoms with Gasteiger partial charge in [-0.25, -0.2) is 13.6 Å². The minimum Gasteiger partial charge on any atom is -0.460 e. The van der Waals surface area contributed by atoms with Gasteiger partial charge < -0.3 is 4.74 Å². The molecule has 84 valence electrons. The maximum atomic E-state index is 11.1. The van der Waals surface area contributed by atoms with Crippen LogP contribution in [0.3, 0.4) is 0 Å². The molecular weight excluding hydrogens is 206 g/mol. The van der Waals surface area contributed by atoms with Gasteiger partial charge in [0.15, 0.2) is 0 Å². The normalized spacial score (nSPS) is 12.6. The highest BCUT2D eigenvalue weighted by atomic mass is 32.2. The molecule has 0 aromatic carbocycles. The van der Waals surface area contributed by atoms with Gasteiger partial charge in [0.05, 0.1) is 12.2 Å². The number of rotatable bonds is 5. The average molecular weight is 223 g/mol. The summed E-state index contributed by atoms with van der Waals surface area (Å²) < 4.78 is 26.1. The fourth-order valence-electron chi connectivity index (χ4n) is 0.657. The molecule has 0 saturated heterocycles. The Hall–Kier alpha value is -0.620. The third kappa shape index (κ3) is 6.85. The highest BCUT2D eigenvalue weighted by molar-refractivity contribution is 7.89. The minimum atomic E-state index is -3.58. The van der Waals surface area contributed by atoms with Gasteiger partial charge >= 0.3 is 5.97 Å². The van der Waals surface area contributed by atoms with E-state index in [4.69, 9.17) is 9.88 Å². The van der Waals surface area contributed by atoms with Crippen LogP contribution in [-0.2, 0) is 19.6 Å². The van der Waals surface area contributed by atoms with Crippen LogP contribution >= 0.6 is 0 Å². The molecule has 0 amide bonds. The zero-order valence-electron chi connectivity index (χ0n) is 8.74. The molecule has 0 aliphatic rings. The van der Waals surface area contributed by atoms with Crippen molar-refractivity contribution in [3.05, 3.63) is 0 Å². The van der Waals surface area contributed by atoms with Crippen molar-refractivity contribution in [1.29, 1.82) is 0 Å². The van der Waals surface area contributed by atoms with E-state index in [9.17, 15) is 13.2 Å². The third-order valence-corrected chi connectivity index (χ3v) is 2.61. The van der Waals surface area contributed by atoms with Crippen molar-refractivity contribution in [2.75, 3.05) is 5.75 Å². The Labute approximate surface area is 84.7 Å². The van der Waals surface area contributed by atoms with Crippen LogP contribution in [0.25, 0.3) is 0 Å². The molecule has 0 unspecified atom stereocenters. The Kier molecular flexibility index (Phi) is 4.54. The first kappa shape index (κ1) is 13.4. The van der Waals surface area contributed by atoms with Crippen LogP contribution in [0.1, 0.15) is 33.6 Å². The molecule has 5 nitrogen and oxygen atoms in total. The van der Waals surface area contributed by atoms with E-state index < -0.39 is 21.6 Å². The Morgan fingerprint density at radius 3 is 2.29 bits per heavy atom. The van der Waals surface area contributed by atoms with Gasteiger partial charge in [-0.3, -0.25) is 4.79 Å². The van der Waals surface area contributed by atoms with Crippen molar-refractivity contribution in [3.63, 3.8) is 0 Å². The largest absolute Gasteiger partial charge is 0.460 e. The van der Waals surface area contributed by atoms with E-state index in [0.29, 0.717) is 6.42 Å². The standard InChI is InChI=1S/C8H17NO4S/c1-4-8(2,3)13-7(10)5-6-14(9,11)12/h4-6H2,1-3H3,(H2,9,11,12). The summed E-state index contributed by atoms with van der Waals surface area (Å²) >= 11 is 0. The predicted molar refractivity (Wildman–Crippen MR) is 53.1 cm³/mol. The molecular formula is C8H17NO4S. The van der Waals surface area contributed by atoms with Gasteiger partial charge in [-0.05, 0) is 20.3 Å². The van der Waals surface area contributed by atoms with Crippen molar-refractivity contribution >= 4 is 16.0 Å². The summed E-state index contributed by atoms with van der Waals surface area (Å²) in [5, 5.41) is 4.74. The number of nitrogens with two attached hydrogens (primary N) is 1. The first-order chi connectivity index (χ1) is 6.16. The van der Waals surface area contributed by atoms with Crippen LogP contribution in [0.5, 0.6) is 0 Å². The number of sulfonamides is 1. The Balaban J connectivity index is 4.01. The van der Waals surface area contributed by atoms with Crippen LogP contribution in [0.15, 0.2) is 0 Å². The molecule has 0 rings (SSSR count). The molecule has 0 aromatic heterocycles. The molecule has 14 heavy (non-hydrogen) atoms. The van der Waals surface area contributed by atoms with E-state index >= 15 is 0 Å². The number of hydrogen-bond donors (Lipinski definition) is 1. The average Bonchev–Trinajstić information content (AvgIpc) is 1.99. The van der Waals surface area contributed by atoms with E-state index in [1.54, 1.807) is 13.8 Å². The molecule has 0 radical (unpaired) electrons. The molecule has 0 atom stereocenters. The third-order valence-electron chi connectivity index (χ3n) is 1.83. The summed E-state index contributed by atoms with van der Waals surface area (Å²) in [6.45, 7) is 5.41. The second-order valence-electron chi connectivity index (χ2n) is 3.70. The first-order valence-corrected chi connectivity index (χ1v) is 6.10. The van der Waals surface area contributed by atoms with Gasteiger partial charge in [0.2, 0.25) is 10.0 Å². The Bertz CT molecular complexity index is 294. The van der Waals surface area contributed by atoms with Crippen LogP contribution < -0.4 is 5.14 Å². The Morgan fingerprint density at radius 1 is 1.43 bits per heavy atom. The minimum absolute atomic E-state index is 0.192. The number of ether oxygens (including phenoxy) is 1. The van der Waals surface area contributed by atoms with Crippen molar-refractivity contribution in [2.24, 2.45) is 5.14 Å². The number of carbonyl (C=O) groups is 1. The molecule has 0 heterocycles. The summed E-state index contributed by atoms with van der Waals surface area (Å²) in [6.07, 6.45) is 0.483. The van der Waals surface area contributed by atoms with Crippen molar-refractivity contribution in [1.82, 2.24) is 0 Å². The molecule has 0 aromatic rings. The maximum Gasteiger partial charge on any atom is 0.307 e. The smallest absolute Gasteiger partial charge is 0.307 e. The molecule has 6 heteroatoms. The van der Waals surface area contributed by atoms with E-state index in [0.717, 1.165) is 0 Å². The molecule has 0 aliphatic heterocycles. The molecule has 0 spiro atoms. The predicted octanol–water partition coefficient (Wildman–Crippen LogP) is 0.397. The van der Waals surface area contributed by atoms with Gasteiger partial charge in [0, 0.05) is 0 Å². The van der Waals surface area contributed by atoms with Gasteiger partial charge in [0.25, 0.3) is 0 Å². The number of carbonyl (C=O) groups excluding carboxylic acids is 1. The zero-order chi connectivity index (χ0) is 11.4. The summed E-state index contributed by atoms with van der Waals surface area (Å²) in [5.74, 6) is -0.906. The second-order valence-corrected chi connectivity index (χ2v) is 5.44. The monoisotopic (exact) mass is 223 g/mol. The van der Waals surface area contributed by atoms with Crippen LogP contribution in [0.2, 0.25) is 0 Å².